The molecule has 1 aromatic rings. The second-order valence-electron chi connectivity index (χ2n) is 3.94. The van der Waals surface area contributed by atoms with Crippen LogP contribution in [0, 0.1) is 22.7 Å². The lowest BCUT2D eigenvalue weighted by molar-refractivity contribution is 0.220. The van der Waals surface area contributed by atoms with Crippen LogP contribution in [-0.4, -0.2) is 18.0 Å². The van der Waals surface area contributed by atoms with E-state index in [0.29, 0.717) is 25.9 Å². The lowest BCUT2D eigenvalue weighted by atomic mass is 10.1. The van der Waals surface area contributed by atoms with E-state index in [1.807, 2.05) is 18.2 Å². The summed E-state index contributed by atoms with van der Waals surface area (Å²) in [4.78, 5) is 2.18. The first kappa shape index (κ1) is 13.2. The Morgan fingerprint density at radius 2 is 1.59 bits per heavy atom. The van der Waals surface area contributed by atoms with Crippen molar-refractivity contribution in [1.82, 2.24) is 4.90 Å². The van der Waals surface area contributed by atoms with Gasteiger partial charge >= 0.3 is 0 Å². The molecule has 0 aliphatic carbocycles. The molecule has 88 valence electrons. The zero-order valence-electron chi connectivity index (χ0n) is 10.1. The summed E-state index contributed by atoms with van der Waals surface area (Å²) < 4.78 is 0. The molecule has 3 nitrogen and oxygen atoms in total. The molecule has 1 atom stereocenters. The van der Waals surface area contributed by atoms with Gasteiger partial charge in [-0.05, 0) is 12.5 Å². The molecule has 0 saturated carbocycles. The van der Waals surface area contributed by atoms with Gasteiger partial charge in [-0.25, -0.2) is 0 Å². The molecule has 0 spiro atoms. The first-order valence-corrected chi connectivity index (χ1v) is 5.82. The van der Waals surface area contributed by atoms with Crippen molar-refractivity contribution in [3.8, 4) is 12.1 Å². The second kappa shape index (κ2) is 7.44. The van der Waals surface area contributed by atoms with Gasteiger partial charge in [-0.2, -0.15) is 10.5 Å². The third kappa shape index (κ3) is 4.26. The van der Waals surface area contributed by atoms with E-state index in [4.69, 9.17) is 10.5 Å². The van der Waals surface area contributed by atoms with E-state index in [2.05, 4.69) is 36.1 Å². The first-order valence-electron chi connectivity index (χ1n) is 5.82. The fraction of sp³-hybridized carbons (Fsp3) is 0.429. The van der Waals surface area contributed by atoms with Crippen molar-refractivity contribution in [3.05, 3.63) is 35.9 Å². The van der Waals surface area contributed by atoms with Crippen molar-refractivity contribution in [1.29, 1.82) is 10.5 Å². The predicted octanol–water partition coefficient (Wildman–Crippen LogP) is 2.88. The number of nitrogens with zero attached hydrogens (tertiary/aromatic N) is 3. The average Bonchev–Trinajstić information content (AvgIpc) is 2.39. The van der Waals surface area contributed by atoms with Gasteiger partial charge in [0, 0.05) is 32.0 Å². The van der Waals surface area contributed by atoms with E-state index in [0.717, 1.165) is 0 Å². The maximum atomic E-state index is 8.65. The summed E-state index contributed by atoms with van der Waals surface area (Å²) in [6.07, 6.45) is 1.01. The predicted molar refractivity (Wildman–Crippen MR) is 66.9 cm³/mol. The fourth-order valence-electron chi connectivity index (χ4n) is 1.83. The van der Waals surface area contributed by atoms with Gasteiger partial charge in [-0.3, -0.25) is 4.90 Å². The molecule has 0 heterocycles. The Hall–Kier alpha value is -1.84. The Labute approximate surface area is 103 Å². The van der Waals surface area contributed by atoms with Crippen LogP contribution < -0.4 is 0 Å². The van der Waals surface area contributed by atoms with Gasteiger partial charge in [0.2, 0.25) is 0 Å². The van der Waals surface area contributed by atoms with Crippen molar-refractivity contribution in [3.63, 3.8) is 0 Å². The summed E-state index contributed by atoms with van der Waals surface area (Å²) in [5.74, 6) is 0. The van der Waals surface area contributed by atoms with Crippen molar-refractivity contribution in [2.75, 3.05) is 13.1 Å². The summed E-state index contributed by atoms with van der Waals surface area (Å²) in [6.45, 7) is 3.55. The summed E-state index contributed by atoms with van der Waals surface area (Å²) >= 11 is 0. The highest BCUT2D eigenvalue weighted by Crippen LogP contribution is 2.20. The van der Waals surface area contributed by atoms with Crippen LogP contribution in [0.1, 0.15) is 31.4 Å². The zero-order valence-corrected chi connectivity index (χ0v) is 10.1. The fourth-order valence-corrected chi connectivity index (χ4v) is 1.83. The molecule has 1 rings (SSSR count). The Bertz CT molecular complexity index is 382. The van der Waals surface area contributed by atoms with Gasteiger partial charge < -0.3 is 0 Å². The minimum absolute atomic E-state index is 0.248. The van der Waals surface area contributed by atoms with Crippen LogP contribution in [0.15, 0.2) is 30.3 Å². The van der Waals surface area contributed by atoms with Crippen LogP contribution in [0.2, 0.25) is 0 Å². The normalized spacial score (nSPS) is 11.8. The highest BCUT2D eigenvalue weighted by molar-refractivity contribution is 5.18. The second-order valence-corrected chi connectivity index (χ2v) is 3.94. The lowest BCUT2D eigenvalue weighted by Crippen LogP contribution is -2.29. The summed E-state index contributed by atoms with van der Waals surface area (Å²) in [6, 6.07) is 14.7. The average molecular weight is 227 g/mol. The van der Waals surface area contributed by atoms with Crippen molar-refractivity contribution in [2.45, 2.75) is 25.8 Å². The third-order valence-corrected chi connectivity index (χ3v) is 2.85. The molecule has 0 saturated heterocycles. The summed E-state index contributed by atoms with van der Waals surface area (Å²) in [5, 5.41) is 17.3. The van der Waals surface area contributed by atoms with E-state index < -0.39 is 0 Å². The van der Waals surface area contributed by atoms with Gasteiger partial charge in [-0.1, -0.05) is 30.3 Å². The number of nitriles is 2. The van der Waals surface area contributed by atoms with Crippen molar-refractivity contribution in [2.24, 2.45) is 0 Å². The molecule has 0 fully saturated rings. The molecule has 0 aliphatic heterocycles. The van der Waals surface area contributed by atoms with Crippen LogP contribution in [0.4, 0.5) is 0 Å². The molecule has 3 heteroatoms. The molecular weight excluding hydrogens is 210 g/mol. The van der Waals surface area contributed by atoms with Gasteiger partial charge in [-0.15, -0.1) is 0 Å². The van der Waals surface area contributed by atoms with Crippen LogP contribution >= 0.6 is 0 Å². The maximum absolute atomic E-state index is 8.65. The first-order chi connectivity index (χ1) is 8.29. The van der Waals surface area contributed by atoms with E-state index in [-0.39, 0.29) is 6.04 Å². The molecule has 0 bridgehead atoms. The lowest BCUT2D eigenvalue weighted by Gasteiger charge is -2.27. The van der Waals surface area contributed by atoms with Gasteiger partial charge in [0.25, 0.3) is 0 Å². The zero-order chi connectivity index (χ0) is 12.5. The monoisotopic (exact) mass is 227 g/mol. The molecule has 1 aromatic carbocycles. The van der Waals surface area contributed by atoms with E-state index in [9.17, 15) is 0 Å². The topological polar surface area (TPSA) is 50.8 Å². The molecule has 1 unspecified atom stereocenters. The third-order valence-electron chi connectivity index (χ3n) is 2.85. The molecule has 0 radical (unpaired) electrons. The number of hydrogen-bond donors (Lipinski definition) is 0. The Balaban J connectivity index is 2.69. The van der Waals surface area contributed by atoms with Crippen LogP contribution in [0.5, 0.6) is 0 Å². The molecular formula is C14H17N3. The highest BCUT2D eigenvalue weighted by Gasteiger charge is 2.14. The minimum atomic E-state index is 0.248. The molecule has 0 aromatic heterocycles. The largest absolute Gasteiger partial charge is 0.295 e. The van der Waals surface area contributed by atoms with Gasteiger partial charge in [0.1, 0.15) is 0 Å². The molecule has 0 aliphatic rings. The summed E-state index contributed by atoms with van der Waals surface area (Å²) in [5.41, 5.74) is 1.23. The number of hydrogen-bond acceptors (Lipinski definition) is 3. The molecule has 0 N–H and O–H groups in total. The quantitative estimate of drug-likeness (QED) is 0.750. The Kier molecular flexibility index (Phi) is 5.79. The Morgan fingerprint density at radius 1 is 1.06 bits per heavy atom. The van der Waals surface area contributed by atoms with E-state index in [1.54, 1.807) is 0 Å². The number of benzene rings is 1. The van der Waals surface area contributed by atoms with Crippen molar-refractivity contribution < 1.29 is 0 Å². The van der Waals surface area contributed by atoms with Gasteiger partial charge in [0.15, 0.2) is 0 Å². The van der Waals surface area contributed by atoms with E-state index in [1.165, 1.54) is 5.56 Å². The van der Waals surface area contributed by atoms with E-state index >= 15 is 0 Å². The summed E-state index contributed by atoms with van der Waals surface area (Å²) in [7, 11) is 0. The molecule has 0 amide bonds. The Morgan fingerprint density at radius 3 is 2.06 bits per heavy atom. The van der Waals surface area contributed by atoms with Gasteiger partial charge in [0.05, 0.1) is 12.1 Å². The highest BCUT2D eigenvalue weighted by atomic mass is 15.1. The van der Waals surface area contributed by atoms with Crippen LogP contribution in [0.3, 0.4) is 0 Å². The molecule has 17 heavy (non-hydrogen) atoms. The maximum Gasteiger partial charge on any atom is 0.0635 e. The smallest absolute Gasteiger partial charge is 0.0635 e. The van der Waals surface area contributed by atoms with Crippen molar-refractivity contribution >= 4 is 0 Å². The van der Waals surface area contributed by atoms with Crippen LogP contribution in [0.25, 0.3) is 0 Å². The van der Waals surface area contributed by atoms with Crippen LogP contribution in [-0.2, 0) is 0 Å². The standard InChI is InChI=1S/C14H17N3/c1-13(14-7-3-2-4-8-14)17(11-5-9-15)12-6-10-16/h2-4,7-8,13H,5-6,11-12H2,1H3. The number of rotatable bonds is 6. The SMILES string of the molecule is CC(c1ccccc1)N(CCC#N)CCC#N. The minimum Gasteiger partial charge on any atom is -0.295 e.